The standard InChI is InChI=1S/C25H28N4O2/c1-17-10-11-21(15-19(17)3)28-24(30)20-8-6-14-29(16-20)23-25(27-13-12-26-23)31-22-9-5-4-7-18(22)2/h4-5,7,9-13,15,20H,6,8,14,16H2,1-3H3,(H,28,30). The van der Waals surface area contributed by atoms with Crippen LogP contribution in [-0.2, 0) is 4.79 Å². The lowest BCUT2D eigenvalue weighted by Gasteiger charge is -2.33. The number of nitrogens with one attached hydrogen (secondary N) is 1. The van der Waals surface area contributed by atoms with Crippen molar-refractivity contribution in [1.82, 2.24) is 9.97 Å². The summed E-state index contributed by atoms with van der Waals surface area (Å²) < 4.78 is 6.09. The Morgan fingerprint density at radius 3 is 2.65 bits per heavy atom. The predicted octanol–water partition coefficient (Wildman–Crippen LogP) is 5.05. The summed E-state index contributed by atoms with van der Waals surface area (Å²) in [7, 11) is 0. The number of ether oxygens (including phenoxy) is 1. The number of benzene rings is 2. The van der Waals surface area contributed by atoms with Crippen molar-refractivity contribution in [3.05, 3.63) is 71.5 Å². The fourth-order valence-corrected chi connectivity index (χ4v) is 3.83. The fraction of sp³-hybridized carbons (Fsp3) is 0.320. The van der Waals surface area contributed by atoms with Crippen LogP contribution in [0, 0.1) is 26.7 Å². The highest BCUT2D eigenvalue weighted by molar-refractivity contribution is 5.93. The van der Waals surface area contributed by atoms with Crippen LogP contribution in [0.1, 0.15) is 29.5 Å². The number of hydrogen-bond donors (Lipinski definition) is 1. The molecule has 1 aromatic heterocycles. The molecule has 1 N–H and O–H groups in total. The second kappa shape index (κ2) is 9.16. The number of piperidine rings is 1. The summed E-state index contributed by atoms with van der Waals surface area (Å²) in [6.45, 7) is 7.52. The summed E-state index contributed by atoms with van der Waals surface area (Å²) in [4.78, 5) is 24.0. The Hall–Kier alpha value is -3.41. The van der Waals surface area contributed by atoms with Crippen molar-refractivity contribution in [2.45, 2.75) is 33.6 Å². The van der Waals surface area contributed by atoms with Crippen LogP contribution in [0.25, 0.3) is 0 Å². The molecule has 0 aliphatic carbocycles. The largest absolute Gasteiger partial charge is 0.436 e. The Kier molecular flexibility index (Phi) is 6.16. The van der Waals surface area contributed by atoms with Crippen molar-refractivity contribution in [3.63, 3.8) is 0 Å². The van der Waals surface area contributed by atoms with Gasteiger partial charge in [-0.1, -0.05) is 24.3 Å². The Balaban J connectivity index is 1.49. The molecule has 0 radical (unpaired) electrons. The average Bonchev–Trinajstić information content (AvgIpc) is 2.78. The fourth-order valence-electron chi connectivity index (χ4n) is 3.83. The first kappa shape index (κ1) is 20.8. The van der Waals surface area contributed by atoms with Gasteiger partial charge in [0, 0.05) is 31.2 Å². The molecule has 160 valence electrons. The molecule has 6 nitrogen and oxygen atoms in total. The number of carbonyl (C=O) groups is 1. The number of aryl methyl sites for hydroxylation is 3. The van der Waals surface area contributed by atoms with E-state index >= 15 is 0 Å². The second-order valence-corrected chi connectivity index (χ2v) is 8.13. The number of para-hydroxylation sites is 1. The molecule has 1 saturated heterocycles. The van der Waals surface area contributed by atoms with Gasteiger partial charge in [-0.25, -0.2) is 9.97 Å². The minimum absolute atomic E-state index is 0.0400. The van der Waals surface area contributed by atoms with E-state index < -0.39 is 0 Å². The molecule has 1 aliphatic heterocycles. The van der Waals surface area contributed by atoms with Crippen molar-refractivity contribution in [3.8, 4) is 11.6 Å². The highest BCUT2D eigenvalue weighted by Crippen LogP contribution is 2.32. The van der Waals surface area contributed by atoms with Gasteiger partial charge in [0.15, 0.2) is 5.82 Å². The molecule has 3 aromatic rings. The maximum absolute atomic E-state index is 13.0. The lowest BCUT2D eigenvalue weighted by molar-refractivity contribution is -0.120. The van der Waals surface area contributed by atoms with E-state index in [-0.39, 0.29) is 11.8 Å². The zero-order valence-electron chi connectivity index (χ0n) is 18.3. The van der Waals surface area contributed by atoms with Gasteiger partial charge in [0.25, 0.3) is 5.88 Å². The minimum Gasteiger partial charge on any atom is -0.436 e. The van der Waals surface area contributed by atoms with Crippen LogP contribution in [-0.4, -0.2) is 29.0 Å². The van der Waals surface area contributed by atoms with Crippen molar-refractivity contribution in [1.29, 1.82) is 0 Å². The van der Waals surface area contributed by atoms with Crippen LogP contribution in [0.4, 0.5) is 11.5 Å². The van der Waals surface area contributed by atoms with E-state index in [1.54, 1.807) is 12.4 Å². The maximum atomic E-state index is 13.0. The van der Waals surface area contributed by atoms with E-state index in [1.807, 2.05) is 49.4 Å². The van der Waals surface area contributed by atoms with Crippen LogP contribution in [0.3, 0.4) is 0 Å². The SMILES string of the molecule is Cc1ccc(NC(=O)C2CCCN(c3nccnc3Oc3ccccc3C)C2)cc1C. The van der Waals surface area contributed by atoms with Gasteiger partial charge in [-0.2, -0.15) is 0 Å². The highest BCUT2D eigenvalue weighted by atomic mass is 16.5. The first-order chi connectivity index (χ1) is 15.0. The smallest absolute Gasteiger partial charge is 0.263 e. The molecule has 6 heteroatoms. The summed E-state index contributed by atoms with van der Waals surface area (Å²) in [5.74, 6) is 1.81. The van der Waals surface area contributed by atoms with Crippen LogP contribution < -0.4 is 15.0 Å². The third-order valence-electron chi connectivity index (χ3n) is 5.81. The molecule has 1 aliphatic rings. The monoisotopic (exact) mass is 416 g/mol. The summed E-state index contributed by atoms with van der Waals surface area (Å²) >= 11 is 0. The van der Waals surface area contributed by atoms with E-state index in [1.165, 1.54) is 11.1 Å². The third kappa shape index (κ3) is 4.85. The minimum atomic E-state index is -0.122. The van der Waals surface area contributed by atoms with Crippen molar-refractivity contribution < 1.29 is 9.53 Å². The molecule has 1 unspecified atom stereocenters. The molecule has 4 rings (SSSR count). The van der Waals surface area contributed by atoms with Crippen LogP contribution in [0.15, 0.2) is 54.9 Å². The van der Waals surface area contributed by atoms with E-state index in [0.717, 1.165) is 36.4 Å². The Labute approximate surface area is 183 Å². The Morgan fingerprint density at radius 1 is 1.03 bits per heavy atom. The van der Waals surface area contributed by atoms with Gasteiger partial charge in [-0.05, 0) is 68.5 Å². The maximum Gasteiger partial charge on any atom is 0.263 e. The predicted molar refractivity (Wildman–Crippen MR) is 123 cm³/mol. The molecule has 2 heterocycles. The number of carbonyl (C=O) groups excluding carboxylic acids is 1. The Bertz CT molecular complexity index is 1080. The first-order valence-electron chi connectivity index (χ1n) is 10.7. The van der Waals surface area contributed by atoms with Crippen molar-refractivity contribution in [2.75, 3.05) is 23.3 Å². The summed E-state index contributed by atoms with van der Waals surface area (Å²) in [5.41, 5.74) is 4.25. The number of anilines is 2. The number of amides is 1. The average molecular weight is 417 g/mol. The van der Waals surface area contributed by atoms with Gasteiger partial charge in [0.1, 0.15) is 5.75 Å². The van der Waals surface area contributed by atoms with Gasteiger partial charge in [-0.15, -0.1) is 0 Å². The van der Waals surface area contributed by atoms with Gasteiger partial charge in [0.2, 0.25) is 5.91 Å². The second-order valence-electron chi connectivity index (χ2n) is 8.13. The normalized spacial score (nSPS) is 16.1. The summed E-state index contributed by atoms with van der Waals surface area (Å²) in [6, 6.07) is 13.8. The van der Waals surface area contributed by atoms with Crippen molar-refractivity contribution >= 4 is 17.4 Å². The summed E-state index contributed by atoms with van der Waals surface area (Å²) in [5, 5.41) is 3.08. The van der Waals surface area contributed by atoms with E-state index in [2.05, 4.69) is 34.0 Å². The van der Waals surface area contributed by atoms with Crippen LogP contribution in [0.5, 0.6) is 11.6 Å². The number of nitrogens with zero attached hydrogens (tertiary/aromatic N) is 3. The molecule has 0 saturated carbocycles. The van der Waals surface area contributed by atoms with Gasteiger partial charge in [-0.3, -0.25) is 4.79 Å². The molecule has 2 aromatic carbocycles. The van der Waals surface area contributed by atoms with Gasteiger partial charge < -0.3 is 15.0 Å². The van der Waals surface area contributed by atoms with Crippen molar-refractivity contribution in [2.24, 2.45) is 5.92 Å². The molecular formula is C25H28N4O2. The topological polar surface area (TPSA) is 67.4 Å². The molecule has 0 spiro atoms. The zero-order valence-corrected chi connectivity index (χ0v) is 18.3. The highest BCUT2D eigenvalue weighted by Gasteiger charge is 2.28. The number of hydrogen-bond acceptors (Lipinski definition) is 5. The number of aromatic nitrogens is 2. The molecule has 31 heavy (non-hydrogen) atoms. The first-order valence-corrected chi connectivity index (χ1v) is 10.7. The van der Waals surface area contributed by atoms with Crippen LogP contribution >= 0.6 is 0 Å². The zero-order chi connectivity index (χ0) is 21.8. The molecule has 1 atom stereocenters. The van der Waals surface area contributed by atoms with Gasteiger partial charge >= 0.3 is 0 Å². The molecular weight excluding hydrogens is 388 g/mol. The third-order valence-corrected chi connectivity index (χ3v) is 5.81. The Morgan fingerprint density at radius 2 is 1.84 bits per heavy atom. The molecule has 1 amide bonds. The van der Waals surface area contributed by atoms with Crippen LogP contribution in [0.2, 0.25) is 0 Å². The van der Waals surface area contributed by atoms with E-state index in [0.29, 0.717) is 18.2 Å². The lowest BCUT2D eigenvalue weighted by Crippen LogP contribution is -2.41. The quantitative estimate of drug-likeness (QED) is 0.630. The van der Waals surface area contributed by atoms with E-state index in [4.69, 9.17) is 4.74 Å². The molecule has 1 fully saturated rings. The van der Waals surface area contributed by atoms with Gasteiger partial charge in [0.05, 0.1) is 5.92 Å². The number of rotatable bonds is 5. The lowest BCUT2D eigenvalue weighted by atomic mass is 9.97. The van der Waals surface area contributed by atoms with E-state index in [9.17, 15) is 4.79 Å². The summed E-state index contributed by atoms with van der Waals surface area (Å²) in [6.07, 6.45) is 5.05. The molecule has 0 bridgehead atoms.